The van der Waals surface area contributed by atoms with E-state index in [9.17, 15) is 0 Å². The van der Waals surface area contributed by atoms with Crippen LogP contribution in [0.4, 0.5) is 0 Å². The van der Waals surface area contributed by atoms with E-state index in [1.807, 2.05) is 48.7 Å². The summed E-state index contributed by atoms with van der Waals surface area (Å²) in [4.78, 5) is 4.22. The lowest BCUT2D eigenvalue weighted by Gasteiger charge is -2.05. The van der Waals surface area contributed by atoms with Gasteiger partial charge in [-0.15, -0.1) is 0 Å². The normalized spacial score (nSPS) is 10.5. The lowest BCUT2D eigenvalue weighted by atomic mass is 10.3. The lowest BCUT2D eigenvalue weighted by Crippen LogP contribution is -1.96. The van der Waals surface area contributed by atoms with Crippen LogP contribution >= 0.6 is 11.6 Å². The Hall–Kier alpha value is -1.28. The van der Waals surface area contributed by atoms with E-state index >= 15 is 0 Å². The smallest absolute Gasteiger partial charge is 0.207 e. The molecule has 72 valence electrons. The summed E-state index contributed by atoms with van der Waals surface area (Å²) in [7, 11) is 0. The van der Waals surface area contributed by atoms with E-state index in [2.05, 4.69) is 4.98 Å². The molecular formula is C11H11ClN2. The topological polar surface area (TPSA) is 17.8 Å². The Labute approximate surface area is 88.2 Å². The van der Waals surface area contributed by atoms with Crippen molar-refractivity contribution in [2.45, 2.75) is 13.8 Å². The number of benzene rings is 1. The number of hydrogen-bond acceptors (Lipinski definition) is 1. The molecule has 1 aromatic carbocycles. The van der Waals surface area contributed by atoms with Crippen LogP contribution in [0.25, 0.3) is 5.69 Å². The fourth-order valence-corrected chi connectivity index (χ4v) is 1.80. The Kier molecular flexibility index (Phi) is 2.30. The van der Waals surface area contributed by atoms with Crippen molar-refractivity contribution in [1.29, 1.82) is 0 Å². The number of imidazole rings is 1. The van der Waals surface area contributed by atoms with Gasteiger partial charge in [-0.25, -0.2) is 4.98 Å². The zero-order valence-electron chi connectivity index (χ0n) is 8.16. The first-order chi connectivity index (χ1) is 6.70. The van der Waals surface area contributed by atoms with Gasteiger partial charge in [-0.2, -0.15) is 0 Å². The molecule has 1 aromatic heterocycles. The van der Waals surface area contributed by atoms with Crippen LogP contribution in [0.3, 0.4) is 0 Å². The van der Waals surface area contributed by atoms with Crippen molar-refractivity contribution >= 4 is 11.6 Å². The molecule has 0 saturated carbocycles. The summed E-state index contributed by atoms with van der Waals surface area (Å²) in [5.41, 5.74) is 3.11. The van der Waals surface area contributed by atoms with Crippen LogP contribution in [0.15, 0.2) is 30.3 Å². The average molecular weight is 207 g/mol. The molecule has 0 unspecified atom stereocenters. The molecule has 2 rings (SSSR count). The van der Waals surface area contributed by atoms with Gasteiger partial charge in [-0.05, 0) is 37.6 Å². The minimum Gasteiger partial charge on any atom is -0.288 e. The van der Waals surface area contributed by atoms with Crippen LogP contribution in [0, 0.1) is 13.8 Å². The first-order valence-corrected chi connectivity index (χ1v) is 4.85. The summed E-state index contributed by atoms with van der Waals surface area (Å²) in [6.07, 6.45) is 0. The quantitative estimate of drug-likeness (QED) is 0.701. The Morgan fingerprint density at radius 2 is 1.79 bits per heavy atom. The van der Waals surface area contributed by atoms with Gasteiger partial charge in [0, 0.05) is 11.4 Å². The molecule has 0 bridgehead atoms. The summed E-state index contributed by atoms with van der Waals surface area (Å²) in [5.74, 6) is 0. The van der Waals surface area contributed by atoms with Crippen LogP contribution in [0.5, 0.6) is 0 Å². The fourth-order valence-electron chi connectivity index (χ4n) is 1.45. The number of rotatable bonds is 1. The van der Waals surface area contributed by atoms with E-state index in [0.717, 1.165) is 17.1 Å². The standard InChI is InChI=1S/C11H11ClN2/c1-8-9(2)14(11(12)13-8)10-6-4-3-5-7-10/h3-7H,1-2H3. The minimum atomic E-state index is 0.520. The first-order valence-electron chi connectivity index (χ1n) is 4.47. The van der Waals surface area contributed by atoms with Gasteiger partial charge < -0.3 is 0 Å². The predicted octanol–water partition coefficient (Wildman–Crippen LogP) is 3.14. The molecule has 2 nitrogen and oxygen atoms in total. The lowest BCUT2D eigenvalue weighted by molar-refractivity contribution is 1.00. The minimum absolute atomic E-state index is 0.520. The molecule has 2 aromatic rings. The Balaban J connectivity index is 2.62. The average Bonchev–Trinajstić information content (AvgIpc) is 2.43. The maximum atomic E-state index is 6.04. The van der Waals surface area contributed by atoms with Crippen molar-refractivity contribution in [3.05, 3.63) is 47.0 Å². The maximum Gasteiger partial charge on any atom is 0.207 e. The van der Waals surface area contributed by atoms with Gasteiger partial charge in [0.25, 0.3) is 0 Å². The molecule has 1 heterocycles. The Bertz CT molecular complexity index is 446. The van der Waals surface area contributed by atoms with Gasteiger partial charge in [0.1, 0.15) is 0 Å². The third-order valence-electron chi connectivity index (χ3n) is 2.32. The van der Waals surface area contributed by atoms with Crippen LogP contribution < -0.4 is 0 Å². The maximum absolute atomic E-state index is 6.04. The molecule has 0 fully saturated rings. The van der Waals surface area contributed by atoms with Crippen molar-refractivity contribution in [1.82, 2.24) is 9.55 Å². The molecule has 14 heavy (non-hydrogen) atoms. The SMILES string of the molecule is Cc1nc(Cl)n(-c2ccccc2)c1C. The molecule has 0 aliphatic heterocycles. The molecule has 0 aliphatic rings. The van der Waals surface area contributed by atoms with Gasteiger partial charge in [0.05, 0.1) is 5.69 Å². The second-order valence-corrected chi connectivity index (χ2v) is 3.56. The van der Waals surface area contributed by atoms with Gasteiger partial charge in [0.2, 0.25) is 5.28 Å². The Morgan fingerprint density at radius 3 is 2.29 bits per heavy atom. The summed E-state index contributed by atoms with van der Waals surface area (Å²) in [6.45, 7) is 3.97. The zero-order valence-corrected chi connectivity index (χ0v) is 8.92. The van der Waals surface area contributed by atoms with Gasteiger partial charge in [-0.3, -0.25) is 4.57 Å². The third-order valence-corrected chi connectivity index (χ3v) is 2.57. The van der Waals surface area contributed by atoms with Gasteiger partial charge in [0.15, 0.2) is 0 Å². The molecule has 0 atom stereocenters. The summed E-state index contributed by atoms with van der Waals surface area (Å²) < 4.78 is 1.94. The van der Waals surface area contributed by atoms with Crippen molar-refractivity contribution in [3.63, 3.8) is 0 Å². The zero-order chi connectivity index (χ0) is 10.1. The van der Waals surface area contributed by atoms with E-state index in [1.54, 1.807) is 0 Å². The molecule has 0 aliphatic carbocycles. The van der Waals surface area contributed by atoms with Gasteiger partial charge >= 0.3 is 0 Å². The second-order valence-electron chi connectivity index (χ2n) is 3.22. The third kappa shape index (κ3) is 1.42. The highest BCUT2D eigenvalue weighted by atomic mass is 35.5. The summed E-state index contributed by atoms with van der Waals surface area (Å²) in [6, 6.07) is 9.98. The highest BCUT2D eigenvalue weighted by Gasteiger charge is 2.09. The van der Waals surface area contributed by atoms with Crippen LogP contribution in [0.2, 0.25) is 5.28 Å². The first kappa shape index (κ1) is 9.28. The summed E-state index contributed by atoms with van der Waals surface area (Å²) >= 11 is 6.04. The van der Waals surface area contributed by atoms with Crippen molar-refractivity contribution in [2.24, 2.45) is 0 Å². The van der Waals surface area contributed by atoms with Crippen LogP contribution in [0.1, 0.15) is 11.4 Å². The van der Waals surface area contributed by atoms with E-state index in [-0.39, 0.29) is 0 Å². The molecular weight excluding hydrogens is 196 g/mol. The monoisotopic (exact) mass is 206 g/mol. The predicted molar refractivity (Wildman–Crippen MR) is 58.0 cm³/mol. The highest BCUT2D eigenvalue weighted by molar-refractivity contribution is 6.28. The van der Waals surface area contributed by atoms with E-state index < -0.39 is 0 Å². The largest absolute Gasteiger partial charge is 0.288 e. The fraction of sp³-hybridized carbons (Fsp3) is 0.182. The second kappa shape index (κ2) is 3.46. The van der Waals surface area contributed by atoms with Crippen molar-refractivity contribution in [2.75, 3.05) is 0 Å². The van der Waals surface area contributed by atoms with E-state index in [4.69, 9.17) is 11.6 Å². The van der Waals surface area contributed by atoms with Gasteiger partial charge in [-0.1, -0.05) is 18.2 Å². The molecule has 0 amide bonds. The van der Waals surface area contributed by atoms with Crippen LogP contribution in [-0.4, -0.2) is 9.55 Å². The molecule has 0 spiro atoms. The van der Waals surface area contributed by atoms with Crippen molar-refractivity contribution in [3.8, 4) is 5.69 Å². The molecule has 0 saturated heterocycles. The Morgan fingerprint density at radius 1 is 1.14 bits per heavy atom. The van der Waals surface area contributed by atoms with Crippen LogP contribution in [-0.2, 0) is 0 Å². The van der Waals surface area contributed by atoms with Crippen molar-refractivity contribution < 1.29 is 0 Å². The highest BCUT2D eigenvalue weighted by Crippen LogP contribution is 2.20. The number of aromatic nitrogens is 2. The number of halogens is 1. The molecule has 3 heteroatoms. The molecule has 0 N–H and O–H groups in total. The number of hydrogen-bond donors (Lipinski definition) is 0. The number of para-hydroxylation sites is 1. The van der Waals surface area contributed by atoms with E-state index in [0.29, 0.717) is 5.28 Å². The number of aryl methyl sites for hydroxylation is 1. The summed E-state index contributed by atoms with van der Waals surface area (Å²) in [5, 5.41) is 0.520. The molecule has 0 radical (unpaired) electrons. The number of nitrogens with zero attached hydrogens (tertiary/aromatic N) is 2. The van der Waals surface area contributed by atoms with E-state index in [1.165, 1.54) is 0 Å².